The highest BCUT2D eigenvalue weighted by molar-refractivity contribution is 6.13. The number of carbonyl (C=O) groups is 1. The van der Waals surface area contributed by atoms with Crippen molar-refractivity contribution in [3.8, 4) is 22.8 Å². The van der Waals surface area contributed by atoms with E-state index in [0.717, 1.165) is 27.7 Å². The molecule has 3 aromatic carbocycles. The van der Waals surface area contributed by atoms with E-state index in [-0.39, 0.29) is 5.91 Å². The zero-order valence-corrected chi connectivity index (χ0v) is 19.4. The molecule has 2 aromatic heterocycles. The Morgan fingerprint density at radius 2 is 1.71 bits per heavy atom. The van der Waals surface area contributed by atoms with Crippen molar-refractivity contribution < 1.29 is 14.3 Å². The molecule has 1 N–H and O–H groups in total. The summed E-state index contributed by atoms with van der Waals surface area (Å²) in [4.78, 5) is 18.4. The molecule has 0 saturated carbocycles. The molecule has 0 aliphatic rings. The molecule has 0 atom stereocenters. The van der Waals surface area contributed by atoms with Crippen molar-refractivity contribution in [2.45, 2.75) is 6.54 Å². The maximum Gasteiger partial charge on any atom is 0.256 e. The highest BCUT2D eigenvalue weighted by atomic mass is 16.5. The summed E-state index contributed by atoms with van der Waals surface area (Å²) < 4.78 is 12.6. The largest absolute Gasteiger partial charge is 0.493 e. The second-order valence-corrected chi connectivity index (χ2v) is 7.96. The molecule has 7 nitrogen and oxygen atoms in total. The van der Waals surface area contributed by atoms with Gasteiger partial charge in [0.1, 0.15) is 0 Å². The lowest BCUT2D eigenvalue weighted by atomic mass is 10.0. The van der Waals surface area contributed by atoms with E-state index in [9.17, 15) is 4.79 Å². The van der Waals surface area contributed by atoms with Crippen LogP contribution in [0.1, 0.15) is 15.9 Å². The van der Waals surface area contributed by atoms with Gasteiger partial charge in [-0.25, -0.2) is 4.98 Å². The van der Waals surface area contributed by atoms with Crippen molar-refractivity contribution in [3.05, 3.63) is 102 Å². The minimum atomic E-state index is -0.210. The summed E-state index contributed by atoms with van der Waals surface area (Å²) in [7, 11) is 3.19. The van der Waals surface area contributed by atoms with Crippen molar-refractivity contribution in [1.82, 2.24) is 14.8 Å². The van der Waals surface area contributed by atoms with Crippen LogP contribution in [-0.4, -0.2) is 34.9 Å². The highest BCUT2D eigenvalue weighted by Crippen LogP contribution is 2.33. The van der Waals surface area contributed by atoms with Crippen LogP contribution in [0.3, 0.4) is 0 Å². The number of rotatable bonds is 7. The fourth-order valence-corrected chi connectivity index (χ4v) is 4.04. The normalized spacial score (nSPS) is 10.8. The van der Waals surface area contributed by atoms with Gasteiger partial charge in [0, 0.05) is 29.0 Å². The van der Waals surface area contributed by atoms with E-state index < -0.39 is 0 Å². The molecule has 2 heterocycles. The lowest BCUT2D eigenvalue weighted by Gasteiger charge is -2.14. The third kappa shape index (κ3) is 4.56. The molecule has 0 bridgehead atoms. The third-order valence-corrected chi connectivity index (χ3v) is 5.80. The second kappa shape index (κ2) is 9.69. The van der Waals surface area contributed by atoms with Gasteiger partial charge < -0.3 is 14.8 Å². The van der Waals surface area contributed by atoms with Gasteiger partial charge in [-0.05, 0) is 48.0 Å². The van der Waals surface area contributed by atoms with Gasteiger partial charge in [0.15, 0.2) is 11.5 Å². The zero-order chi connectivity index (χ0) is 24.2. The predicted molar refractivity (Wildman–Crippen MR) is 136 cm³/mol. The first-order valence-electron chi connectivity index (χ1n) is 11.1. The second-order valence-electron chi connectivity index (χ2n) is 7.96. The van der Waals surface area contributed by atoms with Crippen LogP contribution >= 0.6 is 0 Å². The fourth-order valence-electron chi connectivity index (χ4n) is 4.04. The number of methoxy groups -OCH3 is 2. The number of hydrogen-bond acceptors (Lipinski definition) is 5. The number of pyridine rings is 1. The van der Waals surface area contributed by atoms with Crippen molar-refractivity contribution in [1.29, 1.82) is 0 Å². The first kappa shape index (κ1) is 22.2. The molecule has 0 radical (unpaired) electrons. The van der Waals surface area contributed by atoms with Gasteiger partial charge in [-0.1, -0.05) is 36.4 Å². The lowest BCUT2D eigenvalue weighted by molar-refractivity contribution is 0.102. The number of hydrogen-bond donors (Lipinski definition) is 1. The first-order chi connectivity index (χ1) is 17.2. The molecule has 0 aliphatic heterocycles. The van der Waals surface area contributed by atoms with Crippen LogP contribution in [0.2, 0.25) is 0 Å². The quantitative estimate of drug-likeness (QED) is 0.348. The number of benzene rings is 3. The third-order valence-electron chi connectivity index (χ3n) is 5.80. The molecule has 0 saturated heterocycles. The van der Waals surface area contributed by atoms with Crippen LogP contribution in [-0.2, 0) is 6.54 Å². The summed E-state index contributed by atoms with van der Waals surface area (Å²) in [6, 6.07) is 24.6. The molecule has 7 heteroatoms. The van der Waals surface area contributed by atoms with Gasteiger partial charge >= 0.3 is 0 Å². The van der Waals surface area contributed by atoms with E-state index >= 15 is 0 Å². The number of nitrogens with one attached hydrogen (secondary N) is 1. The minimum absolute atomic E-state index is 0.210. The summed E-state index contributed by atoms with van der Waals surface area (Å²) in [5.74, 6) is 1.01. The number of ether oxygens (including phenoxy) is 2. The van der Waals surface area contributed by atoms with Gasteiger partial charge in [-0.2, -0.15) is 5.10 Å². The number of amides is 1. The van der Waals surface area contributed by atoms with Crippen LogP contribution in [0.15, 0.2) is 91.3 Å². The van der Waals surface area contributed by atoms with E-state index in [4.69, 9.17) is 14.5 Å². The maximum atomic E-state index is 13.6. The Hall–Kier alpha value is -4.65. The number of anilines is 1. The zero-order valence-electron chi connectivity index (χ0n) is 19.4. The van der Waals surface area contributed by atoms with E-state index in [2.05, 4.69) is 10.4 Å². The maximum absolute atomic E-state index is 13.6. The molecular weight excluding hydrogens is 440 g/mol. The summed E-state index contributed by atoms with van der Waals surface area (Å²) in [5.41, 5.74) is 4.45. The van der Waals surface area contributed by atoms with Crippen LogP contribution in [0.4, 0.5) is 5.69 Å². The molecule has 1 amide bonds. The molecule has 0 spiro atoms. The van der Waals surface area contributed by atoms with Crippen LogP contribution in [0.25, 0.3) is 22.2 Å². The summed E-state index contributed by atoms with van der Waals surface area (Å²) in [6.45, 7) is 0.553. The molecule has 5 aromatic rings. The topological polar surface area (TPSA) is 78.3 Å². The van der Waals surface area contributed by atoms with E-state index in [1.807, 2.05) is 89.7 Å². The number of para-hydroxylation sites is 2. The van der Waals surface area contributed by atoms with Crippen LogP contribution in [0.5, 0.6) is 11.5 Å². The standard InChI is InChI=1S/C28H24N4O3/c1-34-26-13-12-19(16-27(26)35-2)25-17-22(21-9-4-6-11-24(21)30-25)28(33)31-23-10-5-3-8-20(23)18-32-15-7-14-29-32/h3-17H,18H2,1-2H3,(H,31,33). The first-order valence-corrected chi connectivity index (χ1v) is 11.1. The Morgan fingerprint density at radius 1 is 0.914 bits per heavy atom. The summed E-state index contributed by atoms with van der Waals surface area (Å²) in [5, 5.41) is 8.15. The predicted octanol–water partition coefficient (Wildman–Crippen LogP) is 5.42. The molecule has 35 heavy (non-hydrogen) atoms. The number of carbonyl (C=O) groups excluding carboxylic acids is 1. The number of aromatic nitrogens is 3. The Kier molecular flexibility index (Phi) is 6.13. The molecule has 174 valence electrons. The van der Waals surface area contributed by atoms with E-state index in [1.165, 1.54) is 0 Å². The molecule has 0 aliphatic carbocycles. The van der Waals surface area contributed by atoms with Gasteiger partial charge in [0.2, 0.25) is 0 Å². The Morgan fingerprint density at radius 3 is 2.51 bits per heavy atom. The van der Waals surface area contributed by atoms with Gasteiger partial charge in [-0.3, -0.25) is 9.48 Å². The van der Waals surface area contributed by atoms with Crippen molar-refractivity contribution >= 4 is 22.5 Å². The van der Waals surface area contributed by atoms with E-state index in [1.54, 1.807) is 20.4 Å². The van der Waals surface area contributed by atoms with Crippen LogP contribution < -0.4 is 14.8 Å². The van der Waals surface area contributed by atoms with E-state index in [0.29, 0.717) is 29.3 Å². The Bertz CT molecular complexity index is 1500. The summed E-state index contributed by atoms with van der Waals surface area (Å²) in [6.07, 6.45) is 3.63. The smallest absolute Gasteiger partial charge is 0.256 e. The number of fused-ring (bicyclic) bond motifs is 1. The van der Waals surface area contributed by atoms with Crippen molar-refractivity contribution in [3.63, 3.8) is 0 Å². The Balaban J connectivity index is 1.54. The SMILES string of the molecule is COc1ccc(-c2cc(C(=O)Nc3ccccc3Cn3cccn3)c3ccccc3n2)cc1OC. The Labute approximate surface area is 203 Å². The average molecular weight is 465 g/mol. The minimum Gasteiger partial charge on any atom is -0.493 e. The van der Waals surface area contributed by atoms with Gasteiger partial charge in [-0.15, -0.1) is 0 Å². The molecule has 0 unspecified atom stereocenters. The highest BCUT2D eigenvalue weighted by Gasteiger charge is 2.16. The number of nitrogens with zero attached hydrogens (tertiary/aromatic N) is 3. The van der Waals surface area contributed by atoms with Crippen LogP contribution in [0, 0.1) is 0 Å². The average Bonchev–Trinajstić information content (AvgIpc) is 3.42. The summed E-state index contributed by atoms with van der Waals surface area (Å²) >= 11 is 0. The van der Waals surface area contributed by atoms with Gasteiger partial charge in [0.05, 0.1) is 37.5 Å². The monoisotopic (exact) mass is 464 g/mol. The van der Waals surface area contributed by atoms with Crippen molar-refractivity contribution in [2.75, 3.05) is 19.5 Å². The van der Waals surface area contributed by atoms with Crippen molar-refractivity contribution in [2.24, 2.45) is 0 Å². The molecular formula is C28H24N4O3. The molecule has 0 fully saturated rings. The van der Waals surface area contributed by atoms with Gasteiger partial charge in [0.25, 0.3) is 5.91 Å². The fraction of sp³-hybridized carbons (Fsp3) is 0.107. The molecule has 5 rings (SSSR count). The lowest BCUT2D eigenvalue weighted by Crippen LogP contribution is -2.15.